The highest BCUT2D eigenvalue weighted by Crippen LogP contribution is 2.33. The molecule has 0 saturated heterocycles. The predicted octanol–water partition coefficient (Wildman–Crippen LogP) is 3.79. The summed E-state index contributed by atoms with van der Waals surface area (Å²) in [5.41, 5.74) is 7.31. The third kappa shape index (κ3) is 3.91. The van der Waals surface area contributed by atoms with E-state index in [1.165, 1.54) is 0 Å². The molecule has 1 aromatic heterocycles. The van der Waals surface area contributed by atoms with E-state index in [4.69, 9.17) is 17.3 Å². The van der Waals surface area contributed by atoms with Crippen LogP contribution in [0.4, 0.5) is 5.69 Å². The fourth-order valence-electron chi connectivity index (χ4n) is 3.20. The topological polar surface area (TPSA) is 72.9 Å². The first kappa shape index (κ1) is 18.8. The van der Waals surface area contributed by atoms with Crippen molar-refractivity contribution in [3.63, 3.8) is 0 Å². The lowest BCUT2D eigenvalue weighted by Crippen LogP contribution is -2.51. The van der Waals surface area contributed by atoms with Gasteiger partial charge in [-0.1, -0.05) is 24.4 Å². The lowest BCUT2D eigenvalue weighted by Gasteiger charge is -2.37. The minimum Gasteiger partial charge on any atom is -0.326 e. The van der Waals surface area contributed by atoms with Gasteiger partial charge in [0.2, 0.25) is 5.91 Å². The van der Waals surface area contributed by atoms with Crippen LogP contribution >= 0.6 is 24.0 Å². The molecular formula is C17H22Cl2N4O. The number of carbonyl (C=O) groups excluding carboxylic acids is 1. The fraction of sp³-hybridized carbons (Fsp3) is 0.412. The summed E-state index contributed by atoms with van der Waals surface area (Å²) in [4.78, 5) is 12.6. The standard InChI is InChI=1S/C17H21ClN4O.ClH/c1-17(19)8-3-2-5-13(17)16(23)21-12-6-7-15(14(18)11-12)22-10-4-9-20-22;/h4,6-7,9-11,13H,2-3,5,8,19H2,1H3,(H,21,23);1H. The van der Waals surface area contributed by atoms with E-state index < -0.39 is 5.54 Å². The molecule has 2 atom stereocenters. The molecule has 0 spiro atoms. The maximum Gasteiger partial charge on any atom is 0.229 e. The normalized spacial score (nSPS) is 23.4. The predicted molar refractivity (Wildman–Crippen MR) is 99.0 cm³/mol. The van der Waals surface area contributed by atoms with Gasteiger partial charge in [-0.2, -0.15) is 5.10 Å². The summed E-state index contributed by atoms with van der Waals surface area (Å²) in [6.45, 7) is 1.96. The molecule has 1 fully saturated rings. The van der Waals surface area contributed by atoms with E-state index >= 15 is 0 Å². The van der Waals surface area contributed by atoms with Gasteiger partial charge in [0.05, 0.1) is 16.6 Å². The maximum absolute atomic E-state index is 12.6. The molecule has 1 heterocycles. The largest absolute Gasteiger partial charge is 0.326 e. The Morgan fingerprint density at radius 2 is 2.25 bits per heavy atom. The van der Waals surface area contributed by atoms with Gasteiger partial charge in [0.15, 0.2) is 0 Å². The van der Waals surface area contributed by atoms with Gasteiger partial charge in [-0.05, 0) is 44.0 Å². The number of aromatic nitrogens is 2. The Kier molecular flexibility index (Phi) is 5.91. The van der Waals surface area contributed by atoms with Gasteiger partial charge in [-0.25, -0.2) is 4.68 Å². The molecular weight excluding hydrogens is 347 g/mol. The molecule has 7 heteroatoms. The van der Waals surface area contributed by atoms with Crippen LogP contribution in [0.1, 0.15) is 32.6 Å². The van der Waals surface area contributed by atoms with Gasteiger partial charge in [-0.15, -0.1) is 12.4 Å². The van der Waals surface area contributed by atoms with Crippen LogP contribution in [0.15, 0.2) is 36.7 Å². The van der Waals surface area contributed by atoms with Crippen molar-refractivity contribution in [3.05, 3.63) is 41.7 Å². The first-order valence-corrected chi connectivity index (χ1v) is 8.24. The Bertz CT molecular complexity index is 701. The summed E-state index contributed by atoms with van der Waals surface area (Å²) in [6, 6.07) is 7.25. The fourth-order valence-corrected chi connectivity index (χ4v) is 3.47. The number of nitrogens with zero attached hydrogens (tertiary/aromatic N) is 2. The van der Waals surface area contributed by atoms with E-state index in [2.05, 4.69) is 10.4 Å². The smallest absolute Gasteiger partial charge is 0.229 e. The summed E-state index contributed by atoms with van der Waals surface area (Å²) in [6.07, 6.45) is 7.35. The van der Waals surface area contributed by atoms with Crippen molar-refractivity contribution in [2.75, 3.05) is 5.32 Å². The van der Waals surface area contributed by atoms with E-state index in [1.807, 2.05) is 31.3 Å². The minimum absolute atomic E-state index is 0. The number of amides is 1. The Balaban J connectivity index is 0.00000208. The molecule has 2 aromatic rings. The van der Waals surface area contributed by atoms with Crippen molar-refractivity contribution in [2.45, 2.75) is 38.1 Å². The first-order valence-electron chi connectivity index (χ1n) is 7.87. The summed E-state index contributed by atoms with van der Waals surface area (Å²) in [5, 5.41) is 7.64. The van der Waals surface area contributed by atoms with Gasteiger partial charge in [-0.3, -0.25) is 4.79 Å². The van der Waals surface area contributed by atoms with Crippen LogP contribution in [0.2, 0.25) is 5.02 Å². The van der Waals surface area contributed by atoms with Crippen LogP contribution in [0.5, 0.6) is 0 Å². The molecule has 1 aliphatic rings. The molecule has 5 nitrogen and oxygen atoms in total. The number of halogens is 2. The number of rotatable bonds is 3. The van der Waals surface area contributed by atoms with Crippen molar-refractivity contribution >= 4 is 35.6 Å². The van der Waals surface area contributed by atoms with E-state index in [0.29, 0.717) is 10.7 Å². The average Bonchev–Trinajstić information content (AvgIpc) is 3.00. The Morgan fingerprint density at radius 1 is 1.46 bits per heavy atom. The minimum atomic E-state index is -0.443. The van der Waals surface area contributed by atoms with Gasteiger partial charge in [0.25, 0.3) is 0 Å². The summed E-state index contributed by atoms with van der Waals surface area (Å²) < 4.78 is 1.69. The third-order valence-corrected chi connectivity index (χ3v) is 4.84. The zero-order valence-corrected chi connectivity index (χ0v) is 15.1. The second kappa shape index (κ2) is 7.55. The average molecular weight is 369 g/mol. The van der Waals surface area contributed by atoms with Crippen LogP contribution in [-0.4, -0.2) is 21.2 Å². The SMILES string of the molecule is CC1(N)CCCCC1C(=O)Nc1ccc(-n2cccn2)c(Cl)c1.Cl. The van der Waals surface area contributed by atoms with E-state index in [-0.39, 0.29) is 24.2 Å². The van der Waals surface area contributed by atoms with E-state index in [1.54, 1.807) is 16.9 Å². The number of nitrogens with one attached hydrogen (secondary N) is 1. The molecule has 0 aliphatic heterocycles. The third-order valence-electron chi connectivity index (χ3n) is 4.54. The Hall–Kier alpha value is -1.56. The summed E-state index contributed by atoms with van der Waals surface area (Å²) in [7, 11) is 0. The molecule has 24 heavy (non-hydrogen) atoms. The number of anilines is 1. The summed E-state index contributed by atoms with van der Waals surface area (Å²) >= 11 is 6.31. The highest BCUT2D eigenvalue weighted by molar-refractivity contribution is 6.32. The number of hydrogen-bond donors (Lipinski definition) is 2. The number of hydrogen-bond acceptors (Lipinski definition) is 3. The van der Waals surface area contributed by atoms with Gasteiger partial charge >= 0.3 is 0 Å². The maximum atomic E-state index is 12.6. The molecule has 3 N–H and O–H groups in total. The Labute approximate surface area is 153 Å². The molecule has 0 bridgehead atoms. The molecule has 130 valence electrons. The number of benzene rings is 1. The van der Waals surface area contributed by atoms with Gasteiger partial charge < -0.3 is 11.1 Å². The molecule has 1 saturated carbocycles. The van der Waals surface area contributed by atoms with Crippen LogP contribution in [0.3, 0.4) is 0 Å². The lowest BCUT2D eigenvalue weighted by atomic mass is 9.74. The van der Waals surface area contributed by atoms with Crippen molar-refractivity contribution < 1.29 is 4.79 Å². The second-order valence-corrected chi connectivity index (χ2v) is 6.82. The highest BCUT2D eigenvalue weighted by Gasteiger charge is 2.37. The molecule has 1 amide bonds. The van der Waals surface area contributed by atoms with Crippen LogP contribution < -0.4 is 11.1 Å². The van der Waals surface area contributed by atoms with Crippen molar-refractivity contribution in [1.29, 1.82) is 0 Å². The molecule has 0 radical (unpaired) electrons. The molecule has 1 aromatic carbocycles. The molecule has 3 rings (SSSR count). The van der Waals surface area contributed by atoms with Crippen molar-refractivity contribution in [2.24, 2.45) is 11.7 Å². The van der Waals surface area contributed by atoms with E-state index in [0.717, 1.165) is 31.4 Å². The number of carbonyl (C=O) groups is 1. The van der Waals surface area contributed by atoms with Gasteiger partial charge in [0.1, 0.15) is 0 Å². The second-order valence-electron chi connectivity index (χ2n) is 6.41. The van der Waals surface area contributed by atoms with Crippen molar-refractivity contribution in [3.8, 4) is 5.69 Å². The monoisotopic (exact) mass is 368 g/mol. The van der Waals surface area contributed by atoms with Crippen molar-refractivity contribution in [1.82, 2.24) is 9.78 Å². The number of nitrogens with two attached hydrogens (primary N) is 1. The lowest BCUT2D eigenvalue weighted by molar-refractivity contribution is -0.122. The van der Waals surface area contributed by atoms with Crippen LogP contribution in [0.25, 0.3) is 5.69 Å². The van der Waals surface area contributed by atoms with Crippen LogP contribution in [-0.2, 0) is 4.79 Å². The first-order chi connectivity index (χ1) is 11.0. The zero-order chi connectivity index (χ0) is 16.4. The van der Waals surface area contributed by atoms with Gasteiger partial charge in [0, 0.05) is 23.6 Å². The van der Waals surface area contributed by atoms with Crippen LogP contribution in [0, 0.1) is 5.92 Å². The summed E-state index contributed by atoms with van der Waals surface area (Å²) in [5.74, 6) is -0.196. The quantitative estimate of drug-likeness (QED) is 0.865. The zero-order valence-electron chi connectivity index (χ0n) is 13.5. The molecule has 1 aliphatic carbocycles. The van der Waals surface area contributed by atoms with E-state index in [9.17, 15) is 4.79 Å². The Morgan fingerprint density at radius 3 is 2.88 bits per heavy atom. The highest BCUT2D eigenvalue weighted by atomic mass is 35.5. The molecule has 2 unspecified atom stereocenters.